The monoisotopic (exact) mass is 335 g/mol. The summed E-state index contributed by atoms with van der Waals surface area (Å²) >= 11 is 11.6. The van der Waals surface area contributed by atoms with E-state index in [1.54, 1.807) is 0 Å². The van der Waals surface area contributed by atoms with Crippen molar-refractivity contribution in [1.29, 1.82) is 0 Å². The molecule has 0 aliphatic carbocycles. The van der Waals surface area contributed by atoms with Crippen molar-refractivity contribution in [3.63, 3.8) is 0 Å². The number of aromatic nitrogens is 1. The van der Waals surface area contributed by atoms with Crippen LogP contribution in [-0.2, 0) is 10.0 Å². The Morgan fingerprint density at radius 2 is 1.90 bits per heavy atom. The molecule has 0 fully saturated rings. The number of hydrogen-bond donors (Lipinski definition) is 2. The number of hydrogen-bond acceptors (Lipinski definition) is 4. The van der Waals surface area contributed by atoms with Crippen LogP contribution in [0.1, 0.15) is 0 Å². The van der Waals surface area contributed by atoms with Crippen LogP contribution in [0.5, 0.6) is 0 Å². The first-order valence-electron chi connectivity index (χ1n) is 5.19. The van der Waals surface area contributed by atoms with Gasteiger partial charge in [-0.05, 0) is 24.3 Å². The van der Waals surface area contributed by atoms with Gasteiger partial charge in [-0.1, -0.05) is 23.2 Å². The van der Waals surface area contributed by atoms with Crippen LogP contribution in [0.4, 0.5) is 15.8 Å². The SMILES string of the molecule is Nc1c(Cl)ccc(S(=O)(=O)Nc2ccc(F)nc2)c1Cl. The van der Waals surface area contributed by atoms with Crippen LogP contribution < -0.4 is 10.5 Å². The number of rotatable bonds is 3. The van der Waals surface area contributed by atoms with Crippen LogP contribution in [0.2, 0.25) is 10.0 Å². The largest absolute Gasteiger partial charge is 0.396 e. The third-order valence-corrected chi connectivity index (χ3v) is 4.63. The van der Waals surface area contributed by atoms with Crippen molar-refractivity contribution in [2.24, 2.45) is 0 Å². The van der Waals surface area contributed by atoms with Gasteiger partial charge in [0, 0.05) is 0 Å². The fraction of sp³-hybridized carbons (Fsp3) is 0. The highest BCUT2D eigenvalue weighted by Crippen LogP contribution is 2.33. The van der Waals surface area contributed by atoms with E-state index in [1.165, 1.54) is 18.2 Å². The van der Waals surface area contributed by atoms with Gasteiger partial charge in [-0.2, -0.15) is 4.39 Å². The third-order valence-electron chi connectivity index (χ3n) is 2.36. The second-order valence-corrected chi connectivity index (χ2v) is 6.18. The predicted octanol–water partition coefficient (Wildman–Crippen LogP) is 2.91. The Kier molecular flexibility index (Phi) is 4.03. The molecule has 0 aliphatic rings. The Hall–Kier alpha value is -1.57. The van der Waals surface area contributed by atoms with Gasteiger partial charge in [-0.25, -0.2) is 13.4 Å². The van der Waals surface area contributed by atoms with E-state index in [1.807, 2.05) is 0 Å². The van der Waals surface area contributed by atoms with Crippen molar-refractivity contribution < 1.29 is 12.8 Å². The molecule has 5 nitrogen and oxygen atoms in total. The van der Waals surface area contributed by atoms with Crippen molar-refractivity contribution in [2.75, 3.05) is 10.5 Å². The fourth-order valence-electron chi connectivity index (χ4n) is 1.40. The Morgan fingerprint density at radius 3 is 2.50 bits per heavy atom. The van der Waals surface area contributed by atoms with Crippen LogP contribution in [0.3, 0.4) is 0 Å². The number of halogens is 3. The molecule has 2 aromatic rings. The van der Waals surface area contributed by atoms with E-state index in [-0.39, 0.29) is 26.3 Å². The fourth-order valence-corrected chi connectivity index (χ4v) is 3.21. The minimum atomic E-state index is -3.98. The maximum absolute atomic E-state index is 12.7. The number of nitrogens with one attached hydrogen (secondary N) is 1. The van der Waals surface area contributed by atoms with E-state index < -0.39 is 16.0 Å². The molecule has 0 amide bonds. The summed E-state index contributed by atoms with van der Waals surface area (Å²) in [6.45, 7) is 0. The first-order valence-corrected chi connectivity index (χ1v) is 7.43. The van der Waals surface area contributed by atoms with Crippen molar-refractivity contribution in [3.8, 4) is 0 Å². The molecule has 2 rings (SSSR count). The summed E-state index contributed by atoms with van der Waals surface area (Å²) in [5.41, 5.74) is 5.63. The minimum absolute atomic E-state index is 0.0339. The molecule has 1 heterocycles. The Labute approximate surface area is 124 Å². The quantitative estimate of drug-likeness (QED) is 0.667. The molecule has 0 unspecified atom stereocenters. The number of nitrogen functional groups attached to an aromatic ring is 1. The highest BCUT2D eigenvalue weighted by molar-refractivity contribution is 7.92. The number of nitrogens with zero attached hydrogens (tertiary/aromatic N) is 1. The molecule has 0 radical (unpaired) electrons. The standard InChI is InChI=1S/C11H8Cl2FN3O2S/c12-7-2-3-8(10(13)11(7)15)20(18,19)17-6-1-4-9(14)16-5-6/h1-5,17H,15H2. The van der Waals surface area contributed by atoms with Crippen LogP contribution in [0, 0.1) is 5.95 Å². The predicted molar refractivity (Wildman–Crippen MR) is 75.9 cm³/mol. The van der Waals surface area contributed by atoms with Gasteiger partial charge in [-0.15, -0.1) is 0 Å². The third kappa shape index (κ3) is 2.95. The van der Waals surface area contributed by atoms with E-state index in [9.17, 15) is 12.8 Å². The van der Waals surface area contributed by atoms with Gasteiger partial charge in [0.1, 0.15) is 4.90 Å². The van der Waals surface area contributed by atoms with Crippen LogP contribution >= 0.6 is 23.2 Å². The lowest BCUT2D eigenvalue weighted by Gasteiger charge is -2.11. The van der Waals surface area contributed by atoms with Crippen LogP contribution in [-0.4, -0.2) is 13.4 Å². The first kappa shape index (κ1) is 14.8. The zero-order valence-electron chi connectivity index (χ0n) is 9.77. The van der Waals surface area contributed by atoms with E-state index in [4.69, 9.17) is 28.9 Å². The second kappa shape index (κ2) is 5.43. The molecule has 0 bridgehead atoms. The maximum atomic E-state index is 12.7. The average molecular weight is 336 g/mol. The highest BCUT2D eigenvalue weighted by Gasteiger charge is 2.21. The zero-order valence-corrected chi connectivity index (χ0v) is 12.1. The van der Waals surface area contributed by atoms with Crippen molar-refractivity contribution in [3.05, 3.63) is 46.5 Å². The van der Waals surface area contributed by atoms with Gasteiger partial charge < -0.3 is 5.73 Å². The van der Waals surface area contributed by atoms with Crippen molar-refractivity contribution in [2.45, 2.75) is 4.90 Å². The molecular weight excluding hydrogens is 328 g/mol. The highest BCUT2D eigenvalue weighted by atomic mass is 35.5. The average Bonchev–Trinajstić information content (AvgIpc) is 2.38. The normalized spacial score (nSPS) is 11.3. The lowest BCUT2D eigenvalue weighted by Crippen LogP contribution is -2.14. The molecule has 3 N–H and O–H groups in total. The number of nitrogens with two attached hydrogens (primary N) is 1. The number of benzene rings is 1. The molecule has 0 saturated carbocycles. The van der Waals surface area contributed by atoms with Gasteiger partial charge in [0.2, 0.25) is 5.95 Å². The molecule has 0 saturated heterocycles. The van der Waals surface area contributed by atoms with Gasteiger partial charge >= 0.3 is 0 Å². The van der Waals surface area contributed by atoms with E-state index in [2.05, 4.69) is 9.71 Å². The zero-order chi connectivity index (χ0) is 14.9. The molecule has 1 aromatic carbocycles. The Morgan fingerprint density at radius 1 is 1.20 bits per heavy atom. The molecule has 106 valence electrons. The van der Waals surface area contributed by atoms with Gasteiger partial charge in [0.25, 0.3) is 10.0 Å². The van der Waals surface area contributed by atoms with Crippen molar-refractivity contribution >= 4 is 44.6 Å². The maximum Gasteiger partial charge on any atom is 0.263 e. The first-order chi connectivity index (χ1) is 9.31. The number of sulfonamides is 1. The van der Waals surface area contributed by atoms with E-state index in [0.29, 0.717) is 0 Å². The smallest absolute Gasteiger partial charge is 0.263 e. The molecule has 0 aliphatic heterocycles. The molecule has 20 heavy (non-hydrogen) atoms. The lowest BCUT2D eigenvalue weighted by molar-refractivity contribution is 0.583. The topological polar surface area (TPSA) is 85.1 Å². The second-order valence-electron chi connectivity index (χ2n) is 3.75. The van der Waals surface area contributed by atoms with Crippen LogP contribution in [0.25, 0.3) is 0 Å². The van der Waals surface area contributed by atoms with Gasteiger partial charge in [0.05, 0.1) is 27.6 Å². The molecule has 0 atom stereocenters. The Balaban J connectivity index is 2.41. The van der Waals surface area contributed by atoms with Crippen LogP contribution in [0.15, 0.2) is 35.4 Å². The lowest BCUT2D eigenvalue weighted by atomic mass is 10.3. The minimum Gasteiger partial charge on any atom is -0.396 e. The summed E-state index contributed by atoms with van der Waals surface area (Å²) < 4.78 is 39.2. The summed E-state index contributed by atoms with van der Waals surface area (Å²) in [7, 11) is -3.98. The van der Waals surface area contributed by atoms with Gasteiger partial charge in [0.15, 0.2) is 0 Å². The number of pyridine rings is 1. The summed E-state index contributed by atoms with van der Waals surface area (Å²) in [6.07, 6.45) is 1.04. The molecule has 9 heteroatoms. The summed E-state index contributed by atoms with van der Waals surface area (Å²) in [5.74, 6) is -0.721. The van der Waals surface area contributed by atoms with E-state index >= 15 is 0 Å². The summed E-state index contributed by atoms with van der Waals surface area (Å²) in [5, 5.41) is -0.0301. The summed E-state index contributed by atoms with van der Waals surface area (Å²) in [6, 6.07) is 4.79. The summed E-state index contributed by atoms with van der Waals surface area (Å²) in [4.78, 5) is 3.11. The van der Waals surface area contributed by atoms with Crippen molar-refractivity contribution in [1.82, 2.24) is 4.98 Å². The molecule has 0 spiro atoms. The molecule has 1 aromatic heterocycles. The number of anilines is 2. The Bertz CT molecular complexity index is 751. The molecular formula is C11H8Cl2FN3O2S. The van der Waals surface area contributed by atoms with Gasteiger partial charge in [-0.3, -0.25) is 4.72 Å². The van der Waals surface area contributed by atoms with E-state index in [0.717, 1.165) is 12.3 Å².